The number of hydrogen-bond donors (Lipinski definition) is 1. The molecule has 0 spiro atoms. The number of nitrogens with one attached hydrogen (secondary N) is 1. The van der Waals surface area contributed by atoms with Gasteiger partial charge in [0, 0.05) is 24.9 Å². The molecule has 160 valence electrons. The smallest absolute Gasteiger partial charge is 0.404 e. The van der Waals surface area contributed by atoms with E-state index in [1.54, 1.807) is 12.1 Å². The second-order valence-corrected chi connectivity index (χ2v) is 7.58. The summed E-state index contributed by atoms with van der Waals surface area (Å²) in [7, 11) is -1.72. The van der Waals surface area contributed by atoms with Crippen LogP contribution >= 0.6 is 7.82 Å². The van der Waals surface area contributed by atoms with Crippen molar-refractivity contribution >= 4 is 20.1 Å². The number of rotatable bonds is 7. The number of amides is 2. The summed E-state index contributed by atoms with van der Waals surface area (Å²) in [5.41, 5.74) is 0.800. The van der Waals surface area contributed by atoms with Gasteiger partial charge in [0.15, 0.2) is 0 Å². The molecule has 2 heterocycles. The van der Waals surface area contributed by atoms with Gasteiger partial charge in [-0.2, -0.15) is 0 Å². The number of likely N-dealkylation sites (N-methyl/N-ethyl adjacent to an activating group) is 1. The van der Waals surface area contributed by atoms with E-state index in [4.69, 9.17) is 18.3 Å². The average Bonchev–Trinajstić information content (AvgIpc) is 3.23. The molecule has 0 saturated carbocycles. The molecule has 9 nitrogen and oxygen atoms in total. The first-order chi connectivity index (χ1) is 14.0. The molecule has 0 aromatic heterocycles. The maximum Gasteiger partial charge on any atom is 0.530 e. The molecule has 3 atom stereocenters. The fourth-order valence-electron chi connectivity index (χ4n) is 2.71. The Kier molecular flexibility index (Phi) is 8.78. The summed E-state index contributed by atoms with van der Waals surface area (Å²) in [4.78, 5) is 23.7. The molecular formula is C18H24FN2O7P. The molecule has 1 aromatic carbocycles. The highest BCUT2D eigenvalue weighted by atomic mass is 31.2. The number of para-hydroxylation sites is 1. The summed E-state index contributed by atoms with van der Waals surface area (Å²) in [5, 5.41) is 2.42. The first kappa shape index (κ1) is 23.0. The molecule has 11 heteroatoms. The van der Waals surface area contributed by atoms with E-state index in [1.807, 2.05) is 12.1 Å². The van der Waals surface area contributed by atoms with Crippen LogP contribution in [0.2, 0.25) is 0 Å². The summed E-state index contributed by atoms with van der Waals surface area (Å²) in [5.74, 6) is 0.147. The van der Waals surface area contributed by atoms with Crippen LogP contribution in [0.15, 0.2) is 36.5 Å². The summed E-state index contributed by atoms with van der Waals surface area (Å²) >= 11 is 0. The topological polar surface area (TPSA) is 103 Å². The molecule has 3 unspecified atom stereocenters. The van der Waals surface area contributed by atoms with Crippen molar-refractivity contribution in [1.82, 2.24) is 10.2 Å². The van der Waals surface area contributed by atoms with E-state index in [0.717, 1.165) is 5.56 Å². The van der Waals surface area contributed by atoms with E-state index in [1.165, 1.54) is 24.2 Å². The van der Waals surface area contributed by atoms with Crippen LogP contribution in [0.1, 0.15) is 18.4 Å². The van der Waals surface area contributed by atoms with Crippen molar-refractivity contribution < 1.29 is 36.9 Å². The number of carbonyl (C=O) groups is 2. The van der Waals surface area contributed by atoms with Crippen molar-refractivity contribution in [3.05, 3.63) is 42.1 Å². The van der Waals surface area contributed by atoms with Crippen LogP contribution in [0, 0.1) is 0 Å². The van der Waals surface area contributed by atoms with Crippen LogP contribution in [0.4, 0.5) is 4.39 Å². The van der Waals surface area contributed by atoms with Crippen molar-refractivity contribution in [3.63, 3.8) is 0 Å². The quantitative estimate of drug-likeness (QED) is 0.403. The maximum atomic E-state index is 12.6. The number of halogens is 1. The molecular weight excluding hydrogens is 406 g/mol. The van der Waals surface area contributed by atoms with Crippen LogP contribution < -0.4 is 9.84 Å². The molecule has 3 rings (SSSR count). The van der Waals surface area contributed by atoms with Gasteiger partial charge in [-0.15, -0.1) is 0 Å². The Morgan fingerprint density at radius 2 is 2.14 bits per heavy atom. The normalized spacial score (nSPS) is 25.3. The second-order valence-electron chi connectivity index (χ2n) is 5.99. The number of phosphoric ester groups is 1. The van der Waals surface area contributed by atoms with E-state index < -0.39 is 14.1 Å². The lowest BCUT2D eigenvalue weighted by Gasteiger charge is -2.26. The summed E-state index contributed by atoms with van der Waals surface area (Å²) < 4.78 is 43.9. The van der Waals surface area contributed by atoms with Crippen LogP contribution in [0.25, 0.3) is 0 Å². The number of ether oxygens (including phenoxy) is 1. The largest absolute Gasteiger partial charge is 0.530 e. The minimum absolute atomic E-state index is 0.00179. The second kappa shape index (κ2) is 11.1. The van der Waals surface area contributed by atoms with Gasteiger partial charge in [0.25, 0.3) is 0 Å². The number of nitrogens with zero attached hydrogens (tertiary/aromatic N) is 1. The Bertz CT molecular complexity index is 776. The summed E-state index contributed by atoms with van der Waals surface area (Å²) in [6, 6.07) is 7.15. The Morgan fingerprint density at radius 3 is 2.86 bits per heavy atom. The average molecular weight is 430 g/mol. The third kappa shape index (κ3) is 6.37. The number of fused-ring (bicyclic) bond motifs is 1. The van der Waals surface area contributed by atoms with Crippen molar-refractivity contribution in [3.8, 4) is 5.75 Å². The van der Waals surface area contributed by atoms with E-state index in [9.17, 15) is 18.5 Å². The zero-order valence-corrected chi connectivity index (χ0v) is 17.0. The van der Waals surface area contributed by atoms with Crippen molar-refractivity contribution in [2.24, 2.45) is 0 Å². The van der Waals surface area contributed by atoms with Gasteiger partial charge in [-0.25, -0.2) is 4.57 Å². The van der Waals surface area contributed by atoms with Crippen LogP contribution in [0.5, 0.6) is 5.75 Å². The van der Waals surface area contributed by atoms with E-state index in [0.29, 0.717) is 32.2 Å². The van der Waals surface area contributed by atoms with Gasteiger partial charge >= 0.3 is 7.82 Å². The molecule has 1 aromatic rings. The van der Waals surface area contributed by atoms with Crippen molar-refractivity contribution in [2.75, 3.05) is 20.8 Å². The zero-order chi connectivity index (χ0) is 21.3. The lowest BCUT2D eigenvalue weighted by molar-refractivity contribution is -0.127. The summed E-state index contributed by atoms with van der Waals surface area (Å²) in [6.07, 6.45) is 3.43. The zero-order valence-electron chi connectivity index (χ0n) is 16.2. The third-order valence-electron chi connectivity index (χ3n) is 4.16. The van der Waals surface area contributed by atoms with Gasteiger partial charge in [-0.05, 0) is 18.9 Å². The highest BCUT2D eigenvalue weighted by Crippen LogP contribution is 2.54. The van der Waals surface area contributed by atoms with Crippen LogP contribution in [0.3, 0.4) is 0 Å². The molecule has 0 bridgehead atoms. The van der Waals surface area contributed by atoms with Gasteiger partial charge in [-0.3, -0.25) is 27.9 Å². The maximum absolute atomic E-state index is 12.6. The summed E-state index contributed by atoms with van der Waals surface area (Å²) in [6.45, 7) is 0.145. The minimum atomic E-state index is -3.71. The monoisotopic (exact) mass is 430 g/mol. The van der Waals surface area contributed by atoms with Crippen LogP contribution in [-0.2, 0) is 34.5 Å². The molecule has 29 heavy (non-hydrogen) atoms. The molecule has 1 saturated heterocycles. The number of benzene rings is 1. The molecule has 1 N–H and O–H groups in total. The molecule has 2 amide bonds. The fourth-order valence-corrected chi connectivity index (χ4v) is 3.96. The number of phosphoric acid groups is 1. The molecule has 0 radical (unpaired) electrons. The Labute approximate surface area is 168 Å². The third-order valence-corrected chi connectivity index (χ3v) is 5.49. The predicted molar refractivity (Wildman–Crippen MR) is 101 cm³/mol. The Hall–Kier alpha value is -2.26. The lowest BCUT2D eigenvalue weighted by atomic mass is 10.2. The molecule has 2 aliphatic rings. The number of alkyl halides is 1. The fraction of sp³-hybridized carbons (Fsp3) is 0.444. The number of hydrogen-bond acceptors (Lipinski definition) is 7. The van der Waals surface area contributed by atoms with Gasteiger partial charge < -0.3 is 14.6 Å². The van der Waals surface area contributed by atoms with E-state index >= 15 is 0 Å². The Morgan fingerprint density at radius 1 is 1.38 bits per heavy atom. The molecule has 1 fully saturated rings. The van der Waals surface area contributed by atoms with E-state index in [2.05, 4.69) is 5.32 Å². The highest BCUT2D eigenvalue weighted by Gasteiger charge is 2.37. The van der Waals surface area contributed by atoms with Gasteiger partial charge in [0.1, 0.15) is 12.0 Å². The highest BCUT2D eigenvalue weighted by molar-refractivity contribution is 7.49. The van der Waals surface area contributed by atoms with E-state index in [-0.39, 0.29) is 25.2 Å². The molecule has 2 aliphatic heterocycles. The standard InChI is InChI=1S/C17H21N2O7P.CH3F/c1-18-16(21)8-9-19(12-20)17-7-6-14(25-17)11-24-27(22)23-10-13-4-2-3-5-15(13)26-27;1-2/h2-5,8-9,12,14,17H,6-7,10-11H2,1H3,(H,18,21);1H3/b9-8-;. The molecule has 0 aliphatic carbocycles. The SMILES string of the molecule is CF.CNC(=O)/C=C\N(C=O)C1CCC(COP2(=O)OCc3ccccc3O2)O1. The van der Waals surface area contributed by atoms with Gasteiger partial charge in [0.05, 0.1) is 26.5 Å². The first-order valence-corrected chi connectivity index (χ1v) is 10.3. The van der Waals surface area contributed by atoms with Crippen LogP contribution in [-0.4, -0.2) is 50.4 Å². The minimum Gasteiger partial charge on any atom is -0.404 e. The van der Waals surface area contributed by atoms with Gasteiger partial charge in [0.2, 0.25) is 12.3 Å². The first-order valence-electron chi connectivity index (χ1n) is 8.85. The Balaban J connectivity index is 0.00000145. The van der Waals surface area contributed by atoms with Gasteiger partial charge in [-0.1, -0.05) is 18.2 Å². The van der Waals surface area contributed by atoms with Crippen molar-refractivity contribution in [2.45, 2.75) is 31.8 Å². The van der Waals surface area contributed by atoms with Crippen molar-refractivity contribution in [1.29, 1.82) is 0 Å². The number of carbonyl (C=O) groups excluding carboxylic acids is 2. The predicted octanol–water partition coefficient (Wildman–Crippen LogP) is 2.53. The lowest BCUT2D eigenvalue weighted by Crippen LogP contribution is -2.31.